The van der Waals surface area contributed by atoms with Crippen LogP contribution in [0.25, 0.3) is 0 Å². The molecular weight excluding hydrogens is 440 g/mol. The average molecular weight is 455 g/mol. The lowest BCUT2D eigenvalue weighted by molar-refractivity contribution is 0.102. The summed E-state index contributed by atoms with van der Waals surface area (Å²) in [5.74, 6) is -2.50. The maximum Gasteiger partial charge on any atom is 0.256 e. The molecule has 4 aromatic rings. The third kappa shape index (κ3) is 4.32. The maximum atomic E-state index is 13.9. The molecule has 0 unspecified atom stereocenters. The normalized spacial score (nSPS) is 10.7. The van der Waals surface area contributed by atoms with Crippen molar-refractivity contribution in [1.82, 2.24) is 10.1 Å². The highest BCUT2D eigenvalue weighted by Crippen LogP contribution is 2.31. The van der Waals surface area contributed by atoms with E-state index in [9.17, 15) is 18.4 Å². The summed E-state index contributed by atoms with van der Waals surface area (Å²) < 4.78 is 32.8. The topological polar surface area (TPSA) is 123 Å². The second-order valence-corrected chi connectivity index (χ2v) is 7.64. The second-order valence-electron chi connectivity index (χ2n) is 6.64. The van der Waals surface area contributed by atoms with Gasteiger partial charge < -0.3 is 20.9 Å². The lowest BCUT2D eigenvalue weighted by Gasteiger charge is -2.05. The smallest absolute Gasteiger partial charge is 0.256 e. The summed E-state index contributed by atoms with van der Waals surface area (Å²) in [4.78, 5) is 28.8. The predicted molar refractivity (Wildman–Crippen MR) is 115 cm³/mol. The van der Waals surface area contributed by atoms with E-state index in [-0.39, 0.29) is 21.7 Å². The fraction of sp³-hybridized carbons (Fsp3) is 0.0476. The van der Waals surface area contributed by atoms with Crippen molar-refractivity contribution < 1.29 is 22.9 Å². The Bertz CT molecular complexity index is 1300. The Morgan fingerprint density at radius 2 is 1.78 bits per heavy atom. The quantitative estimate of drug-likeness (QED) is 0.365. The lowest BCUT2D eigenvalue weighted by atomic mass is 10.1. The molecular formula is C21H15F2N5O3S. The van der Waals surface area contributed by atoms with Gasteiger partial charge in [0, 0.05) is 17.3 Å². The number of ketones is 1. The standard InChI is InChI=1S/C21H15F2N5O3S/c1-10-9-15(28-31-10)26-20(30)11-5-7-12(8-6-11)25-21-27-19(24)18(32-21)17(29)16-13(22)3-2-4-14(16)23/h2-9H,24H2,1H3,(H,25,27)(H,26,28,30). The molecule has 0 saturated heterocycles. The summed E-state index contributed by atoms with van der Waals surface area (Å²) in [5, 5.41) is 9.50. The number of nitrogens with one attached hydrogen (secondary N) is 2. The number of amides is 1. The van der Waals surface area contributed by atoms with Crippen LogP contribution in [0.5, 0.6) is 0 Å². The van der Waals surface area contributed by atoms with Crippen LogP contribution in [0.4, 0.5) is 31.2 Å². The van der Waals surface area contributed by atoms with Gasteiger partial charge in [-0.25, -0.2) is 13.8 Å². The molecule has 0 atom stereocenters. The minimum absolute atomic E-state index is 0.0876. The summed E-state index contributed by atoms with van der Waals surface area (Å²) in [6, 6.07) is 11.1. The van der Waals surface area contributed by atoms with Crippen molar-refractivity contribution in [3.63, 3.8) is 0 Å². The van der Waals surface area contributed by atoms with E-state index in [1.165, 1.54) is 6.07 Å². The molecule has 0 spiro atoms. The first kappa shape index (κ1) is 21.1. The Morgan fingerprint density at radius 3 is 2.41 bits per heavy atom. The molecule has 2 aromatic heterocycles. The van der Waals surface area contributed by atoms with Gasteiger partial charge in [-0.2, -0.15) is 0 Å². The Labute approximate surface area is 184 Å². The zero-order valence-corrected chi connectivity index (χ0v) is 17.3. The van der Waals surface area contributed by atoms with E-state index in [1.54, 1.807) is 37.3 Å². The number of nitrogens with zero attached hydrogens (tertiary/aromatic N) is 2. The number of nitrogen functional groups attached to an aromatic ring is 1. The first-order valence-corrected chi connectivity index (χ1v) is 10.00. The van der Waals surface area contributed by atoms with Gasteiger partial charge in [0.15, 0.2) is 10.9 Å². The van der Waals surface area contributed by atoms with Gasteiger partial charge in [0.1, 0.15) is 28.1 Å². The molecule has 8 nitrogen and oxygen atoms in total. The molecule has 1 amide bonds. The number of carbonyl (C=O) groups excluding carboxylic acids is 2. The van der Waals surface area contributed by atoms with Gasteiger partial charge in [-0.1, -0.05) is 22.6 Å². The Morgan fingerprint density at radius 1 is 1.09 bits per heavy atom. The van der Waals surface area contributed by atoms with Crippen molar-refractivity contribution in [3.05, 3.63) is 81.9 Å². The first-order chi connectivity index (χ1) is 15.3. The maximum absolute atomic E-state index is 13.9. The minimum atomic E-state index is -0.980. The van der Waals surface area contributed by atoms with Crippen LogP contribution in [-0.4, -0.2) is 21.8 Å². The van der Waals surface area contributed by atoms with Crippen LogP contribution >= 0.6 is 11.3 Å². The van der Waals surface area contributed by atoms with Crippen LogP contribution in [0.15, 0.2) is 53.1 Å². The molecule has 0 radical (unpaired) electrons. The van der Waals surface area contributed by atoms with Crippen LogP contribution in [0, 0.1) is 18.6 Å². The minimum Gasteiger partial charge on any atom is -0.382 e. The van der Waals surface area contributed by atoms with Gasteiger partial charge >= 0.3 is 0 Å². The third-order valence-corrected chi connectivity index (χ3v) is 5.30. The van der Waals surface area contributed by atoms with Gasteiger partial charge in [-0.3, -0.25) is 9.59 Å². The summed E-state index contributed by atoms with van der Waals surface area (Å²) in [6.45, 7) is 1.71. The van der Waals surface area contributed by atoms with Crippen LogP contribution in [0.2, 0.25) is 0 Å². The number of thiazole rings is 1. The Kier molecular flexibility index (Phi) is 5.65. The van der Waals surface area contributed by atoms with E-state index < -0.39 is 23.0 Å². The fourth-order valence-corrected chi connectivity index (χ4v) is 3.67. The van der Waals surface area contributed by atoms with Crippen molar-refractivity contribution in [2.24, 2.45) is 0 Å². The predicted octanol–water partition coefficient (Wildman–Crippen LogP) is 4.53. The molecule has 0 fully saturated rings. The van der Waals surface area contributed by atoms with Gasteiger partial charge in [-0.05, 0) is 43.3 Å². The average Bonchev–Trinajstić information content (AvgIpc) is 3.33. The van der Waals surface area contributed by atoms with E-state index in [0.29, 0.717) is 22.8 Å². The number of anilines is 4. The number of benzene rings is 2. The van der Waals surface area contributed by atoms with Crippen molar-refractivity contribution in [2.45, 2.75) is 6.92 Å². The lowest BCUT2D eigenvalue weighted by Crippen LogP contribution is -2.11. The van der Waals surface area contributed by atoms with Gasteiger partial charge in [-0.15, -0.1) is 0 Å². The summed E-state index contributed by atoms with van der Waals surface area (Å²) in [7, 11) is 0. The zero-order valence-electron chi connectivity index (χ0n) is 16.5. The molecule has 11 heteroatoms. The van der Waals surface area contributed by atoms with Crippen molar-refractivity contribution >= 4 is 45.5 Å². The number of aryl methyl sites for hydroxylation is 1. The summed E-state index contributed by atoms with van der Waals surface area (Å²) >= 11 is 0.861. The monoisotopic (exact) mass is 455 g/mol. The number of aromatic nitrogens is 2. The number of hydrogen-bond donors (Lipinski definition) is 3. The molecule has 2 heterocycles. The molecule has 162 valence electrons. The highest BCUT2D eigenvalue weighted by atomic mass is 32.1. The number of halogens is 2. The summed E-state index contributed by atoms with van der Waals surface area (Å²) in [5.41, 5.74) is 6.05. The Hall–Kier alpha value is -4.12. The van der Waals surface area contributed by atoms with Crippen LogP contribution < -0.4 is 16.4 Å². The highest BCUT2D eigenvalue weighted by Gasteiger charge is 2.24. The van der Waals surface area contributed by atoms with Crippen molar-refractivity contribution in [2.75, 3.05) is 16.4 Å². The van der Waals surface area contributed by atoms with Gasteiger partial charge in [0.25, 0.3) is 5.91 Å². The van der Waals surface area contributed by atoms with E-state index in [1.807, 2.05) is 0 Å². The zero-order chi connectivity index (χ0) is 22.8. The summed E-state index contributed by atoms with van der Waals surface area (Å²) in [6.07, 6.45) is 0. The highest BCUT2D eigenvalue weighted by molar-refractivity contribution is 7.18. The largest absolute Gasteiger partial charge is 0.382 e. The van der Waals surface area contributed by atoms with E-state index in [4.69, 9.17) is 10.3 Å². The van der Waals surface area contributed by atoms with E-state index in [2.05, 4.69) is 20.8 Å². The fourth-order valence-electron chi connectivity index (χ4n) is 2.82. The van der Waals surface area contributed by atoms with Crippen LogP contribution in [0.1, 0.15) is 31.4 Å². The molecule has 32 heavy (non-hydrogen) atoms. The van der Waals surface area contributed by atoms with Gasteiger partial charge in [0.2, 0.25) is 5.78 Å². The van der Waals surface area contributed by atoms with Crippen LogP contribution in [-0.2, 0) is 0 Å². The molecule has 0 aliphatic rings. The molecule has 2 aromatic carbocycles. The molecule has 0 aliphatic carbocycles. The molecule has 0 bridgehead atoms. The second kappa shape index (κ2) is 8.55. The van der Waals surface area contributed by atoms with Crippen molar-refractivity contribution in [1.29, 1.82) is 0 Å². The molecule has 0 aliphatic heterocycles. The molecule has 4 N–H and O–H groups in total. The number of carbonyl (C=O) groups is 2. The van der Waals surface area contributed by atoms with E-state index >= 15 is 0 Å². The SMILES string of the molecule is Cc1cc(NC(=O)c2ccc(Nc3nc(N)c(C(=O)c4c(F)cccc4F)s3)cc2)no1. The van der Waals surface area contributed by atoms with Gasteiger partial charge in [0.05, 0.1) is 5.56 Å². The van der Waals surface area contributed by atoms with Crippen molar-refractivity contribution in [3.8, 4) is 0 Å². The van der Waals surface area contributed by atoms with Crippen LogP contribution in [0.3, 0.4) is 0 Å². The number of rotatable bonds is 6. The first-order valence-electron chi connectivity index (χ1n) is 9.18. The molecule has 4 rings (SSSR count). The molecule has 0 saturated carbocycles. The van der Waals surface area contributed by atoms with E-state index in [0.717, 1.165) is 23.5 Å². The third-order valence-electron chi connectivity index (χ3n) is 4.32. The number of nitrogens with two attached hydrogens (primary N) is 1. The Balaban J connectivity index is 1.48. The number of hydrogen-bond acceptors (Lipinski definition) is 8.